The molecule has 2 saturated heterocycles. The van der Waals surface area contributed by atoms with Crippen LogP contribution in [0.25, 0.3) is 0 Å². The zero-order chi connectivity index (χ0) is 13.5. The third kappa shape index (κ3) is 2.29. The molecule has 2 aromatic rings. The molecular weight excluding hydrogens is 320 g/mol. The molecule has 20 heavy (non-hydrogen) atoms. The average molecular weight is 335 g/mol. The molecule has 2 aliphatic heterocycles. The van der Waals surface area contributed by atoms with Crippen molar-refractivity contribution in [1.82, 2.24) is 10.1 Å². The van der Waals surface area contributed by atoms with Crippen molar-refractivity contribution < 1.29 is 9.26 Å². The van der Waals surface area contributed by atoms with Gasteiger partial charge in [0.15, 0.2) is 5.82 Å². The summed E-state index contributed by atoms with van der Waals surface area (Å²) in [6.07, 6.45) is 4.73. The molecule has 5 heteroatoms. The molecule has 2 fully saturated rings. The van der Waals surface area contributed by atoms with Crippen LogP contribution in [0.4, 0.5) is 0 Å². The average Bonchev–Trinajstić information content (AvgIpc) is 3.13. The zero-order valence-electron chi connectivity index (χ0n) is 11.0. The maximum absolute atomic E-state index is 5.85. The Hall–Kier alpha value is -1.20. The van der Waals surface area contributed by atoms with Crippen molar-refractivity contribution in [1.29, 1.82) is 0 Å². The monoisotopic (exact) mass is 334 g/mol. The normalized spacial score (nSPS) is 28.1. The number of hydrogen-bond acceptors (Lipinski definition) is 4. The van der Waals surface area contributed by atoms with Crippen LogP contribution in [0, 0.1) is 0 Å². The van der Waals surface area contributed by atoms with Gasteiger partial charge in [0.2, 0.25) is 5.89 Å². The topological polar surface area (TPSA) is 48.2 Å². The largest absolute Gasteiger partial charge is 0.374 e. The van der Waals surface area contributed by atoms with Gasteiger partial charge in [0.25, 0.3) is 0 Å². The Morgan fingerprint density at radius 3 is 3.00 bits per heavy atom. The number of rotatable bonds is 3. The summed E-state index contributed by atoms with van der Waals surface area (Å²) in [7, 11) is 0. The van der Waals surface area contributed by atoms with Crippen molar-refractivity contribution in [2.45, 2.75) is 43.8 Å². The van der Waals surface area contributed by atoms with Gasteiger partial charge in [-0.2, -0.15) is 4.98 Å². The summed E-state index contributed by atoms with van der Waals surface area (Å²) in [4.78, 5) is 4.56. The van der Waals surface area contributed by atoms with Crippen molar-refractivity contribution >= 4 is 15.9 Å². The van der Waals surface area contributed by atoms with E-state index in [2.05, 4.69) is 38.2 Å². The van der Waals surface area contributed by atoms with Crippen molar-refractivity contribution in [2.75, 3.05) is 0 Å². The Bertz CT molecular complexity index is 628. The molecule has 3 heterocycles. The highest BCUT2D eigenvalue weighted by atomic mass is 79.9. The van der Waals surface area contributed by atoms with Gasteiger partial charge in [0.1, 0.15) is 0 Å². The van der Waals surface area contributed by atoms with E-state index in [1.165, 1.54) is 12.0 Å². The lowest BCUT2D eigenvalue weighted by atomic mass is 9.89. The van der Waals surface area contributed by atoms with E-state index >= 15 is 0 Å². The summed E-state index contributed by atoms with van der Waals surface area (Å²) in [6.45, 7) is 0. The fourth-order valence-electron chi connectivity index (χ4n) is 3.22. The van der Waals surface area contributed by atoms with E-state index in [1.807, 2.05) is 12.1 Å². The van der Waals surface area contributed by atoms with Gasteiger partial charge in [-0.25, -0.2) is 0 Å². The summed E-state index contributed by atoms with van der Waals surface area (Å²) in [5.41, 5.74) is 1.18. The Labute approximate surface area is 125 Å². The molecule has 4 nitrogen and oxygen atoms in total. The minimum atomic E-state index is 0.291. The molecule has 0 spiro atoms. The van der Waals surface area contributed by atoms with Crippen LogP contribution in [-0.2, 0) is 11.2 Å². The molecule has 0 N–H and O–H groups in total. The molecule has 1 aromatic carbocycles. The van der Waals surface area contributed by atoms with E-state index in [1.54, 1.807) is 0 Å². The van der Waals surface area contributed by atoms with Crippen LogP contribution in [-0.4, -0.2) is 22.3 Å². The first-order chi connectivity index (χ1) is 9.78. The first-order valence-electron chi connectivity index (χ1n) is 7.00. The summed E-state index contributed by atoms with van der Waals surface area (Å²) in [6, 6.07) is 8.18. The van der Waals surface area contributed by atoms with Crippen molar-refractivity contribution in [2.24, 2.45) is 0 Å². The summed E-state index contributed by atoms with van der Waals surface area (Å²) < 4.78 is 12.4. The van der Waals surface area contributed by atoms with E-state index in [0.717, 1.165) is 29.0 Å². The third-order valence-corrected chi connectivity index (χ3v) is 4.65. The SMILES string of the molecule is Brc1cccc(Cc2noc([C@@H]3C[C@H]4CC[C@H]3O4)n2)c1. The second-order valence-corrected chi connectivity index (χ2v) is 6.49. The fourth-order valence-corrected chi connectivity index (χ4v) is 3.66. The second kappa shape index (κ2) is 4.97. The van der Waals surface area contributed by atoms with Crippen LogP contribution in [0.1, 0.15) is 42.5 Å². The molecule has 3 atom stereocenters. The Morgan fingerprint density at radius 1 is 1.30 bits per heavy atom. The Balaban J connectivity index is 1.51. The Morgan fingerprint density at radius 2 is 2.25 bits per heavy atom. The predicted molar refractivity (Wildman–Crippen MR) is 76.5 cm³/mol. The lowest BCUT2D eigenvalue weighted by Gasteiger charge is -2.13. The standard InChI is InChI=1S/C15H15BrN2O2/c16-10-3-1-2-9(6-10)7-14-17-15(20-18-14)12-8-11-4-5-13(12)19-11/h1-3,6,11-13H,4-5,7-8H2/t11-,12-,13-/m1/s1. The molecule has 0 unspecified atom stereocenters. The molecule has 2 bridgehead atoms. The van der Waals surface area contributed by atoms with Crippen LogP contribution in [0.15, 0.2) is 33.3 Å². The van der Waals surface area contributed by atoms with Crippen LogP contribution < -0.4 is 0 Å². The van der Waals surface area contributed by atoms with E-state index in [0.29, 0.717) is 24.5 Å². The molecular formula is C15H15BrN2O2. The van der Waals surface area contributed by atoms with Gasteiger partial charge in [0, 0.05) is 10.9 Å². The van der Waals surface area contributed by atoms with Gasteiger partial charge in [0.05, 0.1) is 18.1 Å². The van der Waals surface area contributed by atoms with Crippen LogP contribution in [0.5, 0.6) is 0 Å². The van der Waals surface area contributed by atoms with Gasteiger partial charge in [-0.3, -0.25) is 0 Å². The van der Waals surface area contributed by atoms with Crippen molar-refractivity contribution in [3.05, 3.63) is 46.0 Å². The third-order valence-electron chi connectivity index (χ3n) is 4.16. The molecule has 4 rings (SSSR count). The van der Waals surface area contributed by atoms with E-state index in [9.17, 15) is 0 Å². The maximum Gasteiger partial charge on any atom is 0.232 e. The van der Waals surface area contributed by atoms with Gasteiger partial charge < -0.3 is 9.26 Å². The number of ether oxygens (including phenoxy) is 1. The van der Waals surface area contributed by atoms with Gasteiger partial charge in [-0.15, -0.1) is 0 Å². The van der Waals surface area contributed by atoms with Crippen molar-refractivity contribution in [3.63, 3.8) is 0 Å². The van der Waals surface area contributed by atoms with E-state index in [4.69, 9.17) is 9.26 Å². The number of benzene rings is 1. The van der Waals surface area contributed by atoms with Crippen LogP contribution >= 0.6 is 15.9 Å². The minimum absolute atomic E-state index is 0.291. The highest BCUT2D eigenvalue weighted by Crippen LogP contribution is 2.43. The fraction of sp³-hybridized carbons (Fsp3) is 0.467. The first-order valence-corrected chi connectivity index (χ1v) is 7.79. The molecule has 2 aliphatic rings. The molecule has 1 aromatic heterocycles. The minimum Gasteiger partial charge on any atom is -0.374 e. The molecule has 0 radical (unpaired) electrons. The number of aromatic nitrogens is 2. The summed E-state index contributed by atoms with van der Waals surface area (Å²) >= 11 is 3.48. The van der Waals surface area contributed by atoms with E-state index < -0.39 is 0 Å². The number of hydrogen-bond donors (Lipinski definition) is 0. The maximum atomic E-state index is 5.85. The van der Waals surface area contributed by atoms with Crippen molar-refractivity contribution in [3.8, 4) is 0 Å². The molecule has 0 aliphatic carbocycles. The molecule has 0 amide bonds. The number of halogens is 1. The quantitative estimate of drug-likeness (QED) is 0.862. The lowest BCUT2D eigenvalue weighted by molar-refractivity contribution is 0.0974. The van der Waals surface area contributed by atoms with Gasteiger partial charge in [-0.1, -0.05) is 33.2 Å². The molecule has 0 saturated carbocycles. The summed E-state index contributed by atoms with van der Waals surface area (Å²) in [5, 5.41) is 4.11. The van der Waals surface area contributed by atoms with E-state index in [-0.39, 0.29) is 0 Å². The Kier molecular flexibility index (Phi) is 3.11. The smallest absolute Gasteiger partial charge is 0.232 e. The zero-order valence-corrected chi connectivity index (χ0v) is 12.5. The first kappa shape index (κ1) is 12.5. The number of nitrogens with zero attached hydrogens (tertiary/aromatic N) is 2. The highest BCUT2D eigenvalue weighted by molar-refractivity contribution is 9.10. The highest BCUT2D eigenvalue weighted by Gasteiger charge is 2.44. The second-order valence-electron chi connectivity index (χ2n) is 5.57. The lowest BCUT2D eigenvalue weighted by Crippen LogP contribution is -2.14. The van der Waals surface area contributed by atoms with Gasteiger partial charge >= 0.3 is 0 Å². The predicted octanol–water partition coefficient (Wildman–Crippen LogP) is 3.46. The number of fused-ring (bicyclic) bond motifs is 2. The van der Waals surface area contributed by atoms with Crippen LogP contribution in [0.3, 0.4) is 0 Å². The van der Waals surface area contributed by atoms with Gasteiger partial charge in [-0.05, 0) is 37.0 Å². The van der Waals surface area contributed by atoms with Crippen LogP contribution in [0.2, 0.25) is 0 Å². The summed E-state index contributed by atoms with van der Waals surface area (Å²) in [5.74, 6) is 1.81. The molecule has 104 valence electrons.